The summed E-state index contributed by atoms with van der Waals surface area (Å²) in [6.07, 6.45) is 6.49. The van der Waals surface area contributed by atoms with E-state index >= 15 is 0 Å². The fourth-order valence-electron chi connectivity index (χ4n) is 4.26. The van der Waals surface area contributed by atoms with Gasteiger partial charge in [-0.1, -0.05) is 25.5 Å². The normalized spacial score (nSPS) is 13.3. The number of aromatic nitrogens is 5. The molecule has 194 valence electrons. The summed E-state index contributed by atoms with van der Waals surface area (Å²) in [5.41, 5.74) is 12.6. The van der Waals surface area contributed by atoms with E-state index in [-0.39, 0.29) is 12.6 Å². The molecule has 1 saturated heterocycles. The Morgan fingerprint density at radius 3 is 2.67 bits per heavy atom. The maximum atomic E-state index is 9.53. The third-order valence-corrected chi connectivity index (χ3v) is 6.94. The largest absolute Gasteiger partial charge is 0.395 e. The van der Waals surface area contributed by atoms with Crippen molar-refractivity contribution < 1.29 is 9.84 Å². The van der Waals surface area contributed by atoms with Crippen LogP contribution in [0.25, 0.3) is 21.3 Å². The molecular weight excluding hydrogens is 476 g/mol. The molecule has 4 N–H and O–H groups in total. The summed E-state index contributed by atoms with van der Waals surface area (Å²) in [5, 5.41) is 17.5. The van der Waals surface area contributed by atoms with E-state index in [4.69, 9.17) is 15.6 Å². The molecule has 1 aliphatic heterocycles. The summed E-state index contributed by atoms with van der Waals surface area (Å²) >= 11 is 1.66. The van der Waals surface area contributed by atoms with E-state index in [0.29, 0.717) is 29.9 Å². The van der Waals surface area contributed by atoms with Crippen LogP contribution in [0.1, 0.15) is 43.7 Å². The highest BCUT2D eigenvalue weighted by Gasteiger charge is 2.18. The average Bonchev–Trinajstić information content (AvgIpc) is 3.65. The number of anilines is 2. The number of nitrogen functional groups attached to an aromatic ring is 1. The first kappa shape index (κ1) is 26.2. The van der Waals surface area contributed by atoms with Crippen LogP contribution in [-0.4, -0.2) is 69.8 Å². The predicted molar refractivity (Wildman–Crippen MR) is 145 cm³/mol. The molecule has 36 heavy (non-hydrogen) atoms. The number of unbranched alkanes of at least 4 members (excludes halogenated alkanes) is 1. The number of benzene rings is 1. The minimum Gasteiger partial charge on any atom is -0.395 e. The Labute approximate surface area is 215 Å². The summed E-state index contributed by atoms with van der Waals surface area (Å²) in [4.78, 5) is 15.5. The van der Waals surface area contributed by atoms with Gasteiger partial charge in [-0.25, -0.2) is 9.97 Å². The molecule has 0 unspecified atom stereocenters. The lowest BCUT2D eigenvalue weighted by Crippen LogP contribution is -2.29. The van der Waals surface area contributed by atoms with Gasteiger partial charge in [-0.3, -0.25) is 4.68 Å². The van der Waals surface area contributed by atoms with Gasteiger partial charge in [-0.05, 0) is 31.9 Å². The van der Waals surface area contributed by atoms with Gasteiger partial charge >= 0.3 is 0 Å². The monoisotopic (exact) mass is 512 g/mol. The second-order valence-corrected chi connectivity index (χ2v) is 9.65. The van der Waals surface area contributed by atoms with E-state index in [1.165, 1.54) is 23.1 Å². The van der Waals surface area contributed by atoms with E-state index in [1.807, 2.05) is 28.3 Å². The minimum atomic E-state index is 0.0383. The first-order chi connectivity index (χ1) is 17.6. The second-order valence-electron chi connectivity index (χ2n) is 8.79. The zero-order valence-electron chi connectivity index (χ0n) is 21.1. The van der Waals surface area contributed by atoms with Crippen molar-refractivity contribution in [3.63, 3.8) is 0 Å². The number of aliphatic hydroxyl groups is 1. The lowest BCUT2D eigenvalue weighted by molar-refractivity contribution is 0.198. The molecule has 10 nitrogen and oxygen atoms in total. The van der Waals surface area contributed by atoms with Crippen LogP contribution < -0.4 is 16.0 Å². The topological polar surface area (TPSA) is 127 Å². The molecular formula is C25H36N8O2S. The maximum Gasteiger partial charge on any atom is 0.222 e. The summed E-state index contributed by atoms with van der Waals surface area (Å²) in [6, 6.07) is 4.26. The molecule has 5 rings (SSSR count). The van der Waals surface area contributed by atoms with Crippen LogP contribution in [-0.2, 0) is 17.8 Å². The van der Waals surface area contributed by atoms with E-state index in [9.17, 15) is 5.11 Å². The smallest absolute Gasteiger partial charge is 0.222 e. The van der Waals surface area contributed by atoms with Crippen molar-refractivity contribution in [2.24, 2.45) is 0 Å². The molecule has 4 heterocycles. The van der Waals surface area contributed by atoms with Crippen LogP contribution in [0.4, 0.5) is 11.8 Å². The highest BCUT2D eigenvalue weighted by molar-refractivity contribution is 7.17. The van der Waals surface area contributed by atoms with Crippen molar-refractivity contribution in [1.82, 2.24) is 30.0 Å². The molecule has 0 radical (unpaired) electrons. The number of rotatable bonds is 10. The molecule has 11 heteroatoms. The second kappa shape index (κ2) is 12.9. The van der Waals surface area contributed by atoms with E-state index in [2.05, 4.69) is 39.3 Å². The van der Waals surface area contributed by atoms with Gasteiger partial charge in [0.05, 0.1) is 35.1 Å². The Morgan fingerprint density at radius 1 is 1.17 bits per heavy atom. The van der Waals surface area contributed by atoms with Crippen molar-refractivity contribution in [3.05, 3.63) is 35.0 Å². The van der Waals surface area contributed by atoms with E-state index in [1.54, 1.807) is 11.3 Å². The number of hydrogen-bond donors (Lipinski definition) is 3. The molecule has 0 amide bonds. The predicted octanol–water partition coefficient (Wildman–Crippen LogP) is 3.18. The zero-order valence-corrected chi connectivity index (χ0v) is 21.9. The molecule has 0 bridgehead atoms. The van der Waals surface area contributed by atoms with Gasteiger partial charge in [0.2, 0.25) is 5.95 Å². The summed E-state index contributed by atoms with van der Waals surface area (Å²) < 4.78 is 8.01. The Morgan fingerprint density at radius 2 is 1.97 bits per heavy atom. The zero-order chi connectivity index (χ0) is 25.3. The number of thiazole rings is 1. The number of aliphatic hydroxyl groups excluding tert-OH is 1. The van der Waals surface area contributed by atoms with E-state index < -0.39 is 0 Å². The van der Waals surface area contributed by atoms with Gasteiger partial charge in [-0.2, -0.15) is 10.1 Å². The van der Waals surface area contributed by atoms with Crippen LogP contribution in [0.2, 0.25) is 0 Å². The van der Waals surface area contributed by atoms with Crippen molar-refractivity contribution in [2.45, 2.75) is 45.7 Å². The Hall–Kier alpha value is -2.86. The van der Waals surface area contributed by atoms with E-state index in [0.717, 1.165) is 50.2 Å². The first-order valence-electron chi connectivity index (χ1n) is 12.6. The SMILES string of the molecule is C1CCOC1.CCCCN(CCO)c1nc(N)nc2cn(Cc3ccc(CNC)c4scnc34)nc12. The molecule has 0 saturated carbocycles. The molecule has 0 spiro atoms. The minimum absolute atomic E-state index is 0.0383. The maximum absolute atomic E-state index is 9.53. The standard InChI is InChI=1S/C21H28N8OS.C4H8O/c1-3-4-7-28(8-9-30)20-18-16(25-21(22)26-20)12-29(27-18)11-15-6-5-14(10-23-2)19-17(15)24-13-31-19;1-2-4-5-3-1/h5-6,12-13,23,30H,3-4,7-11H2,1-2H3,(H2,22,25);1-4H2. The highest BCUT2D eigenvalue weighted by atomic mass is 32.1. The lowest BCUT2D eigenvalue weighted by atomic mass is 10.1. The number of hydrogen-bond acceptors (Lipinski definition) is 10. The molecule has 4 aromatic rings. The van der Waals surface area contributed by atoms with Gasteiger partial charge in [-0.15, -0.1) is 11.3 Å². The number of nitrogens with zero attached hydrogens (tertiary/aromatic N) is 6. The number of nitrogens with two attached hydrogens (primary N) is 1. The van der Waals surface area contributed by atoms with Crippen LogP contribution in [0.15, 0.2) is 23.8 Å². The Balaban J connectivity index is 0.000000543. The Kier molecular flexibility index (Phi) is 9.40. The quantitative estimate of drug-likeness (QED) is 0.293. The van der Waals surface area contributed by atoms with Gasteiger partial charge in [0.1, 0.15) is 5.52 Å². The fourth-order valence-corrected chi connectivity index (χ4v) is 5.11. The summed E-state index contributed by atoms with van der Waals surface area (Å²) in [6.45, 7) is 6.81. The van der Waals surface area contributed by atoms with Crippen LogP contribution in [0.3, 0.4) is 0 Å². The molecule has 0 aliphatic carbocycles. The Bertz CT molecular complexity index is 1250. The molecule has 3 aromatic heterocycles. The average molecular weight is 513 g/mol. The van der Waals surface area contributed by atoms with Crippen molar-refractivity contribution >= 4 is 44.4 Å². The molecule has 1 aliphatic rings. The van der Waals surface area contributed by atoms with Crippen molar-refractivity contribution in [1.29, 1.82) is 0 Å². The highest BCUT2D eigenvalue weighted by Crippen LogP contribution is 2.28. The molecule has 0 atom stereocenters. The molecule has 1 fully saturated rings. The van der Waals surface area contributed by atoms with Gasteiger partial charge in [0.15, 0.2) is 11.3 Å². The number of ether oxygens (including phenoxy) is 1. The van der Waals surface area contributed by atoms with Gasteiger partial charge < -0.3 is 25.8 Å². The summed E-state index contributed by atoms with van der Waals surface area (Å²) in [5.74, 6) is 0.881. The number of nitrogens with one attached hydrogen (secondary N) is 1. The third kappa shape index (κ3) is 6.28. The fraction of sp³-hybridized carbons (Fsp3) is 0.520. The van der Waals surface area contributed by atoms with Crippen LogP contribution in [0, 0.1) is 0 Å². The van der Waals surface area contributed by atoms with Crippen molar-refractivity contribution in [2.75, 3.05) is 50.6 Å². The van der Waals surface area contributed by atoms with Crippen LogP contribution in [0.5, 0.6) is 0 Å². The summed E-state index contributed by atoms with van der Waals surface area (Å²) in [7, 11) is 1.95. The molecule has 1 aromatic carbocycles. The van der Waals surface area contributed by atoms with Gasteiger partial charge in [0.25, 0.3) is 0 Å². The third-order valence-electron chi connectivity index (χ3n) is 6.04. The van der Waals surface area contributed by atoms with Crippen molar-refractivity contribution in [3.8, 4) is 0 Å². The lowest BCUT2D eigenvalue weighted by Gasteiger charge is -2.22. The van der Waals surface area contributed by atoms with Gasteiger partial charge in [0, 0.05) is 38.4 Å². The first-order valence-corrected chi connectivity index (χ1v) is 13.4. The van der Waals surface area contributed by atoms with Crippen LogP contribution >= 0.6 is 11.3 Å². The number of fused-ring (bicyclic) bond motifs is 2.